The lowest BCUT2D eigenvalue weighted by molar-refractivity contribution is 0.0964. The first-order chi connectivity index (χ1) is 10.7. The minimum absolute atomic E-state index is 0.111. The van der Waals surface area contributed by atoms with Gasteiger partial charge in [0.1, 0.15) is 16.7 Å². The second-order valence-electron chi connectivity index (χ2n) is 4.68. The third-order valence-electron chi connectivity index (χ3n) is 3.26. The van der Waals surface area contributed by atoms with E-state index < -0.39 is 0 Å². The van der Waals surface area contributed by atoms with E-state index in [1.54, 1.807) is 31.4 Å². The highest BCUT2D eigenvalue weighted by molar-refractivity contribution is 6.29. The molecule has 5 heteroatoms. The Balaban J connectivity index is 1.98. The molecule has 0 radical (unpaired) electrons. The van der Waals surface area contributed by atoms with Gasteiger partial charge < -0.3 is 10.1 Å². The first kappa shape index (κ1) is 14.4. The van der Waals surface area contributed by atoms with Crippen molar-refractivity contribution < 1.29 is 9.53 Å². The van der Waals surface area contributed by atoms with Crippen molar-refractivity contribution in [3.63, 3.8) is 0 Å². The van der Waals surface area contributed by atoms with E-state index in [1.165, 1.54) is 0 Å². The molecule has 0 bridgehead atoms. The summed E-state index contributed by atoms with van der Waals surface area (Å²) >= 11 is 5.84. The number of hydrogen-bond acceptors (Lipinski definition) is 3. The van der Waals surface area contributed by atoms with Crippen molar-refractivity contribution in [3.05, 3.63) is 65.4 Å². The zero-order valence-electron chi connectivity index (χ0n) is 11.8. The number of pyridine rings is 1. The van der Waals surface area contributed by atoms with Crippen LogP contribution in [0.5, 0.6) is 11.5 Å². The van der Waals surface area contributed by atoms with E-state index >= 15 is 0 Å². The SMILES string of the molecule is CNC(=O)c1cccc2cc(Oc3ccnc(Cl)c3)ccc12. The first-order valence-electron chi connectivity index (χ1n) is 6.71. The van der Waals surface area contributed by atoms with E-state index in [2.05, 4.69) is 10.3 Å². The van der Waals surface area contributed by atoms with Gasteiger partial charge in [-0.2, -0.15) is 0 Å². The molecule has 0 aliphatic carbocycles. The van der Waals surface area contributed by atoms with Crippen LogP contribution in [0.2, 0.25) is 5.15 Å². The highest BCUT2D eigenvalue weighted by Crippen LogP contribution is 2.28. The minimum Gasteiger partial charge on any atom is -0.457 e. The minimum atomic E-state index is -0.111. The fourth-order valence-corrected chi connectivity index (χ4v) is 2.41. The van der Waals surface area contributed by atoms with Crippen LogP contribution in [0.25, 0.3) is 10.8 Å². The van der Waals surface area contributed by atoms with Gasteiger partial charge in [-0.25, -0.2) is 4.98 Å². The van der Waals surface area contributed by atoms with Crippen LogP contribution in [-0.4, -0.2) is 17.9 Å². The Morgan fingerprint density at radius 3 is 2.73 bits per heavy atom. The molecule has 1 N–H and O–H groups in total. The van der Waals surface area contributed by atoms with Crippen molar-refractivity contribution in [2.75, 3.05) is 7.05 Å². The normalized spacial score (nSPS) is 10.5. The quantitative estimate of drug-likeness (QED) is 0.743. The Hall–Kier alpha value is -2.59. The highest BCUT2D eigenvalue weighted by atomic mass is 35.5. The van der Waals surface area contributed by atoms with E-state index in [0.29, 0.717) is 22.2 Å². The smallest absolute Gasteiger partial charge is 0.251 e. The van der Waals surface area contributed by atoms with E-state index in [1.807, 2.05) is 30.3 Å². The summed E-state index contributed by atoms with van der Waals surface area (Å²) in [4.78, 5) is 15.8. The number of amides is 1. The Labute approximate surface area is 132 Å². The molecule has 0 saturated carbocycles. The van der Waals surface area contributed by atoms with Crippen molar-refractivity contribution in [1.29, 1.82) is 0 Å². The Morgan fingerprint density at radius 1 is 1.14 bits per heavy atom. The molecule has 3 rings (SSSR count). The monoisotopic (exact) mass is 312 g/mol. The second kappa shape index (κ2) is 6.03. The molecule has 0 fully saturated rings. The van der Waals surface area contributed by atoms with Gasteiger partial charge in [-0.05, 0) is 41.1 Å². The predicted molar refractivity (Wildman–Crippen MR) is 86.7 cm³/mol. The van der Waals surface area contributed by atoms with Crippen LogP contribution in [0.1, 0.15) is 10.4 Å². The summed E-state index contributed by atoms with van der Waals surface area (Å²) in [6, 6.07) is 14.5. The molecule has 0 saturated heterocycles. The van der Waals surface area contributed by atoms with Gasteiger partial charge in [0.25, 0.3) is 5.91 Å². The van der Waals surface area contributed by atoms with Gasteiger partial charge in [-0.3, -0.25) is 4.79 Å². The van der Waals surface area contributed by atoms with Gasteiger partial charge in [0.15, 0.2) is 0 Å². The summed E-state index contributed by atoms with van der Waals surface area (Å²) in [7, 11) is 1.62. The van der Waals surface area contributed by atoms with Crippen LogP contribution >= 0.6 is 11.6 Å². The molecule has 110 valence electrons. The molecule has 4 nitrogen and oxygen atoms in total. The number of benzene rings is 2. The van der Waals surface area contributed by atoms with Crippen LogP contribution in [0.4, 0.5) is 0 Å². The molecular formula is C17H13ClN2O2. The number of halogens is 1. The van der Waals surface area contributed by atoms with Crippen LogP contribution in [0.3, 0.4) is 0 Å². The number of aromatic nitrogens is 1. The fourth-order valence-electron chi connectivity index (χ4n) is 2.24. The zero-order chi connectivity index (χ0) is 15.5. The largest absolute Gasteiger partial charge is 0.457 e. The average molecular weight is 313 g/mol. The van der Waals surface area contributed by atoms with Gasteiger partial charge in [-0.15, -0.1) is 0 Å². The summed E-state index contributed by atoms with van der Waals surface area (Å²) in [6.07, 6.45) is 1.59. The van der Waals surface area contributed by atoms with Crippen molar-refractivity contribution >= 4 is 28.3 Å². The maximum atomic E-state index is 11.9. The maximum Gasteiger partial charge on any atom is 0.251 e. The highest BCUT2D eigenvalue weighted by Gasteiger charge is 2.09. The number of carbonyl (C=O) groups excluding carboxylic acids is 1. The van der Waals surface area contributed by atoms with Crippen molar-refractivity contribution in [1.82, 2.24) is 10.3 Å². The van der Waals surface area contributed by atoms with Crippen molar-refractivity contribution in [3.8, 4) is 11.5 Å². The van der Waals surface area contributed by atoms with Gasteiger partial charge in [0, 0.05) is 24.9 Å². The molecule has 0 aliphatic rings. The Morgan fingerprint density at radius 2 is 1.95 bits per heavy atom. The predicted octanol–water partition coefficient (Wildman–Crippen LogP) is 4.04. The maximum absolute atomic E-state index is 11.9. The molecule has 0 atom stereocenters. The number of rotatable bonds is 3. The summed E-state index contributed by atoms with van der Waals surface area (Å²) in [5, 5.41) is 4.82. The number of nitrogens with one attached hydrogen (secondary N) is 1. The molecule has 0 spiro atoms. The molecule has 1 aromatic heterocycles. The van der Waals surface area contributed by atoms with Crippen LogP contribution in [-0.2, 0) is 0 Å². The Bertz CT molecular complexity index is 849. The van der Waals surface area contributed by atoms with E-state index in [0.717, 1.165) is 10.8 Å². The van der Waals surface area contributed by atoms with Crippen LogP contribution in [0, 0.1) is 0 Å². The summed E-state index contributed by atoms with van der Waals surface area (Å²) < 4.78 is 5.77. The van der Waals surface area contributed by atoms with Crippen molar-refractivity contribution in [2.24, 2.45) is 0 Å². The summed E-state index contributed by atoms with van der Waals surface area (Å²) in [6.45, 7) is 0. The molecule has 0 unspecified atom stereocenters. The number of ether oxygens (including phenoxy) is 1. The molecule has 1 amide bonds. The molecule has 2 aromatic carbocycles. The van der Waals surface area contributed by atoms with Gasteiger partial charge in [0.2, 0.25) is 0 Å². The van der Waals surface area contributed by atoms with Gasteiger partial charge in [-0.1, -0.05) is 23.7 Å². The van der Waals surface area contributed by atoms with E-state index in [-0.39, 0.29) is 5.91 Å². The summed E-state index contributed by atoms with van der Waals surface area (Å²) in [5.41, 5.74) is 0.638. The Kier molecular flexibility index (Phi) is 3.94. The standard InChI is InChI=1S/C17H13ClN2O2/c1-19-17(21)15-4-2-3-11-9-12(5-6-14(11)15)22-13-7-8-20-16(18)10-13/h2-10H,1H3,(H,19,21). The lowest BCUT2D eigenvalue weighted by atomic mass is 10.0. The molecule has 0 aliphatic heterocycles. The molecule has 1 heterocycles. The molecule has 3 aromatic rings. The van der Waals surface area contributed by atoms with Gasteiger partial charge in [0.05, 0.1) is 0 Å². The zero-order valence-corrected chi connectivity index (χ0v) is 12.6. The van der Waals surface area contributed by atoms with E-state index in [9.17, 15) is 4.79 Å². The van der Waals surface area contributed by atoms with E-state index in [4.69, 9.17) is 16.3 Å². The van der Waals surface area contributed by atoms with Gasteiger partial charge >= 0.3 is 0 Å². The van der Waals surface area contributed by atoms with Crippen LogP contribution in [0.15, 0.2) is 54.7 Å². The number of hydrogen-bond donors (Lipinski definition) is 1. The topological polar surface area (TPSA) is 51.2 Å². The second-order valence-corrected chi connectivity index (χ2v) is 5.07. The lowest BCUT2D eigenvalue weighted by Crippen LogP contribution is -2.17. The third-order valence-corrected chi connectivity index (χ3v) is 3.46. The lowest BCUT2D eigenvalue weighted by Gasteiger charge is -2.09. The number of nitrogens with zero attached hydrogens (tertiary/aromatic N) is 1. The van der Waals surface area contributed by atoms with Crippen molar-refractivity contribution in [2.45, 2.75) is 0 Å². The molecular weight excluding hydrogens is 300 g/mol. The summed E-state index contributed by atoms with van der Waals surface area (Å²) in [5.74, 6) is 1.17. The van der Waals surface area contributed by atoms with Crippen LogP contribution < -0.4 is 10.1 Å². The molecule has 22 heavy (non-hydrogen) atoms. The number of carbonyl (C=O) groups is 1. The third kappa shape index (κ3) is 2.87. The average Bonchev–Trinajstić information content (AvgIpc) is 2.53. The number of fused-ring (bicyclic) bond motifs is 1. The first-order valence-corrected chi connectivity index (χ1v) is 7.09. The fraction of sp³-hybridized carbons (Fsp3) is 0.0588.